The van der Waals surface area contributed by atoms with Gasteiger partial charge in [-0.25, -0.2) is 34.9 Å². The van der Waals surface area contributed by atoms with Crippen LogP contribution in [-0.2, 0) is 0 Å². The van der Waals surface area contributed by atoms with Crippen LogP contribution < -0.4 is 45.4 Å². The number of piperazine rings is 2. The number of H-pyrrole nitrogens is 1. The maximum absolute atomic E-state index is 13.2. The summed E-state index contributed by atoms with van der Waals surface area (Å²) in [6, 6.07) is 54.3. The van der Waals surface area contributed by atoms with Crippen LogP contribution in [0.1, 0.15) is 65.6 Å². The number of carbonyl (C=O) groups is 5. The molecule has 10 aromatic heterocycles. The van der Waals surface area contributed by atoms with E-state index in [0.29, 0.717) is 95.2 Å². The van der Waals surface area contributed by atoms with E-state index >= 15 is 0 Å². The summed E-state index contributed by atoms with van der Waals surface area (Å²) in [5, 5.41) is 27.8. The smallest absolute Gasteiger partial charge is 0.282 e. The quantitative estimate of drug-likeness (QED) is 0.0247. The highest BCUT2D eigenvalue weighted by Crippen LogP contribution is 2.42. The number of fused-ring (bicyclic) bond motifs is 5. The number of aromatic nitrogens is 15. The van der Waals surface area contributed by atoms with Gasteiger partial charge in [0.25, 0.3) is 40.2 Å². The minimum atomic E-state index is -0.817. The third-order valence-electron chi connectivity index (χ3n) is 22.2. The van der Waals surface area contributed by atoms with Crippen LogP contribution in [0.4, 0.5) is 74.6 Å². The Kier molecular flexibility index (Phi) is 29.8. The van der Waals surface area contributed by atoms with E-state index in [9.17, 15) is 44.2 Å². The van der Waals surface area contributed by atoms with Crippen molar-refractivity contribution >= 4 is 240 Å². The minimum Gasteiger partial charge on any atom is -0.495 e. The Labute approximate surface area is 815 Å². The molecule has 5 aliphatic heterocycles. The largest absolute Gasteiger partial charge is 0.495 e. The van der Waals surface area contributed by atoms with E-state index in [1.54, 1.807) is 89.1 Å². The highest BCUT2D eigenvalue weighted by molar-refractivity contribution is 6.68. The van der Waals surface area contributed by atoms with Crippen molar-refractivity contribution in [3.8, 4) is 11.5 Å². The number of hydrogen-bond acceptors (Lipinski definition) is 30. The third-order valence-corrected chi connectivity index (χ3v) is 23.7. The summed E-state index contributed by atoms with van der Waals surface area (Å²) in [5.74, 6) is 2.86. The van der Waals surface area contributed by atoms with E-state index in [0.717, 1.165) is 102 Å². The lowest BCUT2D eigenvalue weighted by Gasteiger charge is -2.34. The van der Waals surface area contributed by atoms with Crippen molar-refractivity contribution in [3.05, 3.63) is 299 Å². The predicted octanol–water partition coefficient (Wildman–Crippen LogP) is 19.0. The number of hydrogen-bond donors (Lipinski definition) is 4. The molecule has 0 saturated carbocycles. The number of ether oxygens (including phenoxy) is 2. The Morgan fingerprint density at radius 1 is 0.453 bits per heavy atom. The number of nitro benzene ring substituents is 2. The average Bonchev–Trinajstić information content (AvgIpc) is 1.60. The molecule has 0 radical (unpaired) electrons. The summed E-state index contributed by atoms with van der Waals surface area (Å²) in [5.41, 5.74) is 19.2. The molecule has 7 aromatic carbocycles. The van der Waals surface area contributed by atoms with Crippen LogP contribution in [0, 0.1) is 20.2 Å². The van der Waals surface area contributed by atoms with E-state index in [4.69, 9.17) is 106 Å². The number of carbonyl (C=O) groups excluding carboxylic acids is 5. The number of rotatable bonds is 10. The van der Waals surface area contributed by atoms with E-state index < -0.39 is 21.0 Å². The lowest BCUT2D eigenvalue weighted by Crippen LogP contribution is -2.44. The van der Waals surface area contributed by atoms with Gasteiger partial charge in [-0.15, -0.1) is 0 Å². The molecule has 5 aliphatic rings. The third kappa shape index (κ3) is 20.6. The predicted molar refractivity (Wildman–Crippen MR) is 533 cm³/mol. The molecule has 0 amide bonds. The van der Waals surface area contributed by atoms with Crippen LogP contribution in [0.25, 0.3) is 55.2 Å². The number of nitrogens with zero attached hydrogens (tertiary/aromatic N) is 22. The molecule has 137 heavy (non-hydrogen) atoms. The van der Waals surface area contributed by atoms with Crippen molar-refractivity contribution in [2.24, 2.45) is 0 Å². The molecule has 0 spiro atoms. The normalized spacial score (nSPS) is 13.3. The summed E-state index contributed by atoms with van der Waals surface area (Å²) in [4.78, 5) is 140. The second kappa shape index (κ2) is 42.2. The van der Waals surface area contributed by atoms with Crippen LogP contribution in [0.3, 0.4) is 0 Å². The van der Waals surface area contributed by atoms with Crippen molar-refractivity contribution in [3.63, 3.8) is 0 Å². The minimum absolute atomic E-state index is 0.00747. The highest BCUT2D eigenvalue weighted by atomic mass is 35.5. The van der Waals surface area contributed by atoms with Gasteiger partial charge in [0.05, 0.1) is 96.8 Å². The molecular formula is C93H81Cl7N26O11. The van der Waals surface area contributed by atoms with Gasteiger partial charge in [0.1, 0.15) is 50.2 Å². The molecule has 0 bridgehead atoms. The van der Waals surface area contributed by atoms with Gasteiger partial charge in [-0.1, -0.05) is 97.7 Å². The number of halogens is 7. The molecular weight excluding hydrogens is 1910 g/mol. The van der Waals surface area contributed by atoms with Crippen molar-refractivity contribution in [2.45, 2.75) is 13.8 Å². The molecule has 15 heterocycles. The van der Waals surface area contributed by atoms with Crippen LogP contribution in [-0.4, -0.2) is 216 Å². The number of likely N-dealkylation sites (N-methyl/N-ethyl adjacent to an activating group) is 2. The average molecular weight is 1990 g/mol. The van der Waals surface area contributed by atoms with Gasteiger partial charge >= 0.3 is 0 Å². The van der Waals surface area contributed by atoms with Crippen LogP contribution >= 0.6 is 81.2 Å². The summed E-state index contributed by atoms with van der Waals surface area (Å²) < 4.78 is 16.9. The van der Waals surface area contributed by atoms with Gasteiger partial charge in [-0.3, -0.25) is 62.5 Å². The van der Waals surface area contributed by atoms with E-state index in [1.165, 1.54) is 60.4 Å². The molecule has 5 N–H and O–H groups in total. The number of nitrogen functional groups attached to an aromatic ring is 1. The number of methoxy groups -OCH3 is 2. The lowest BCUT2D eigenvalue weighted by atomic mass is 10.1. The van der Waals surface area contributed by atoms with Crippen molar-refractivity contribution in [1.82, 2.24) is 82.9 Å². The fourth-order valence-electron chi connectivity index (χ4n) is 15.5. The summed E-state index contributed by atoms with van der Waals surface area (Å²) in [7, 11) is 11.4. The maximum Gasteiger partial charge on any atom is 0.282 e. The number of nitrogens with one attached hydrogen (secondary N) is 3. The zero-order valence-electron chi connectivity index (χ0n) is 74.0. The number of anilines is 11. The molecule has 2 saturated heterocycles. The Morgan fingerprint density at radius 3 is 1.45 bits per heavy atom. The van der Waals surface area contributed by atoms with E-state index in [2.05, 4.69) is 107 Å². The molecule has 0 aliphatic carbocycles. The Morgan fingerprint density at radius 2 is 0.891 bits per heavy atom. The lowest BCUT2D eigenvalue weighted by molar-refractivity contribution is -0.385. The summed E-state index contributed by atoms with van der Waals surface area (Å²) in [6.45, 7) is 12.4. The highest BCUT2D eigenvalue weighted by Gasteiger charge is 2.32. The topological polar surface area (TPSA) is 424 Å². The van der Waals surface area contributed by atoms with Gasteiger partial charge in [0, 0.05) is 133 Å². The first kappa shape index (κ1) is 96.5. The molecule has 0 unspecified atom stereocenters. The zero-order chi connectivity index (χ0) is 97.3. The van der Waals surface area contributed by atoms with Crippen LogP contribution in [0.5, 0.6) is 11.5 Å². The molecule has 17 aromatic rings. The van der Waals surface area contributed by atoms with E-state index in [1.807, 2.05) is 123 Å². The Bertz CT molecular complexity index is 7490. The van der Waals surface area contributed by atoms with Crippen molar-refractivity contribution in [1.29, 1.82) is 0 Å². The summed E-state index contributed by atoms with van der Waals surface area (Å²) >= 11 is 40.0. The molecule has 44 heteroatoms. The fraction of sp³-hybridized carbons (Fsp3) is 0.172. The molecule has 698 valence electrons. The first-order valence-corrected chi connectivity index (χ1v) is 44.6. The monoisotopic (exact) mass is 1980 g/mol. The van der Waals surface area contributed by atoms with Crippen molar-refractivity contribution in [2.75, 3.05) is 131 Å². The molecule has 37 nitrogen and oxygen atoms in total. The summed E-state index contributed by atoms with van der Waals surface area (Å²) in [6.07, 6.45) is 8.31. The Hall–Kier alpha value is -15.1. The Balaban J connectivity index is 0.000000125. The standard InChI is InChI=1S/C26H27N7O2.C14H9ClN4O.C13H6Cl2N4O3.C13H7ClN4O.C12H19N3O.C7H4ClNO3.C6H3Cl2N3.C2H6/c1-30-12-14-32(15-13-30)17-8-9-19(22(16-17)35-3)27-26-28-20-10-11-33-23(20)24(29-26)31(2)21-7-5-4-6-18(21)25(33)34;1-18-10-5-3-2-4-8(10)13(20)19-7-6-9-11(19)12(18)17-14(15)16-9;14-11-10-8(16-13(15)17-11)5-6-18(10)12(20)7-3-1-2-4-9(7)19(21)22;14-13-16-9-5-6-18-10(9)11(17-13)15-8-4-2-1-3-7(8)12(18)19;1-14-5-7-15(8-6-14)10-3-4-11(13)12(9-10)16-2;8-7(10)5-3-1-2-4-6(5)9(11)12;7-5-4-3(1-2-9-4)10-6(8)11-5;1-2/h4-11,16H,12-15H2,1-3H3,(H,27,28,29);2-7H,1H3;1-6H;1-6H,(H,15,16,17);3-4,9H,5-8,13H2,1-2H3;1-4H;1-2,9H;1-2H3. The molecule has 0 atom stereocenters. The van der Waals surface area contributed by atoms with E-state index in [-0.39, 0.29) is 72.0 Å². The van der Waals surface area contributed by atoms with Gasteiger partial charge in [-0.05, 0) is 175 Å². The number of benzene rings is 7. The van der Waals surface area contributed by atoms with Gasteiger partial charge in [-0.2, -0.15) is 15.0 Å². The second-order valence-electron chi connectivity index (χ2n) is 30.4. The fourth-order valence-corrected chi connectivity index (χ4v) is 16.9. The first-order chi connectivity index (χ1) is 66.0. The second-order valence-corrected chi connectivity index (χ2v) is 32.8. The number of nitrogens with two attached hydrogens (primary N) is 1. The number of aromatic amines is 1. The number of nitro groups is 2. The zero-order valence-corrected chi connectivity index (χ0v) is 79.3. The molecule has 22 rings (SSSR count). The van der Waals surface area contributed by atoms with Gasteiger partial charge < -0.3 is 60.2 Å². The van der Waals surface area contributed by atoms with Crippen molar-refractivity contribution < 1.29 is 43.3 Å². The van der Waals surface area contributed by atoms with Crippen LogP contribution in [0.15, 0.2) is 219 Å². The van der Waals surface area contributed by atoms with Gasteiger partial charge in [0.2, 0.25) is 27.1 Å². The van der Waals surface area contributed by atoms with Crippen LogP contribution in [0.2, 0.25) is 31.4 Å². The number of para-hydroxylation sites is 5. The molecule has 2 fully saturated rings. The van der Waals surface area contributed by atoms with Gasteiger partial charge in [0.15, 0.2) is 27.8 Å². The maximum atomic E-state index is 13.2. The SMILES string of the molecule is CC.CN1c2ccccc2C(=O)n2ccc3nc(Cl)nc1c32.COc1cc(N2CCN(C)CC2)ccc1N.COc1cc(N2CCN(C)CC2)ccc1Nc1nc2c3c(ccn3C(=O)c3ccccc3N2C)n1.Clc1nc(Cl)c2[nH]ccc2n1.O=C(Cl)c1ccccc1[N+](=O)[O-].O=C(c1ccccc1[N+](=O)[O-])n1ccc2nc(Cl)nc(Cl)c21.O=C1c2ccccc2Nc2nc(Cl)nc3ccn1c23. The first-order valence-electron chi connectivity index (χ1n) is 42.0.